The molecule has 0 aliphatic heterocycles. The van der Waals surface area contributed by atoms with Crippen LogP contribution in [0.15, 0.2) is 56.6 Å². The number of aromatic nitrogens is 2. The quantitative estimate of drug-likeness (QED) is 0.350. The number of carbonyl (C=O) groups is 1. The Labute approximate surface area is 176 Å². The number of nitrogens with one attached hydrogen (secondary N) is 2. The van der Waals surface area contributed by atoms with Crippen molar-refractivity contribution in [2.45, 2.75) is 0 Å². The molecule has 2 aromatic carbocycles. The number of amidine groups is 1. The van der Waals surface area contributed by atoms with Gasteiger partial charge in [-0.3, -0.25) is 4.79 Å². The lowest BCUT2D eigenvalue weighted by Gasteiger charge is -2.10. The molecule has 156 valence electrons. The Hall–Kier alpha value is -3.38. The van der Waals surface area contributed by atoms with E-state index in [0.29, 0.717) is 11.4 Å². The average molecular weight is 482 g/mol. The van der Waals surface area contributed by atoms with Gasteiger partial charge in [0.05, 0.1) is 4.47 Å². The summed E-state index contributed by atoms with van der Waals surface area (Å²) in [5.74, 6) is -1.24. The van der Waals surface area contributed by atoms with Crippen LogP contribution in [0.3, 0.4) is 0 Å². The van der Waals surface area contributed by atoms with Crippen molar-refractivity contribution in [2.75, 3.05) is 24.0 Å². The molecule has 0 atom stereocenters. The zero-order valence-corrected chi connectivity index (χ0v) is 16.7. The molecule has 12 heteroatoms. The molecule has 3 rings (SSSR count). The Balaban J connectivity index is 1.69. The summed E-state index contributed by atoms with van der Waals surface area (Å²) in [5, 5.41) is 21.8. The highest BCUT2D eigenvalue weighted by Crippen LogP contribution is 2.21. The van der Waals surface area contributed by atoms with E-state index in [9.17, 15) is 18.7 Å². The zero-order valence-electron chi connectivity index (χ0n) is 15.1. The van der Waals surface area contributed by atoms with Gasteiger partial charge < -0.3 is 20.5 Å². The molecule has 0 saturated carbocycles. The highest BCUT2D eigenvalue weighted by atomic mass is 79.9. The van der Waals surface area contributed by atoms with Gasteiger partial charge in [-0.1, -0.05) is 0 Å². The summed E-state index contributed by atoms with van der Waals surface area (Å²) in [6, 6.07) is 9.26. The SMILES string of the molecule is O=C(COc1ccc(F)cc1)Nc1nonc1C(=NCO)Nc1ccc(F)c(Br)c1. The first-order valence-electron chi connectivity index (χ1n) is 8.35. The maximum Gasteiger partial charge on any atom is 0.263 e. The minimum absolute atomic E-state index is 0.000343. The highest BCUT2D eigenvalue weighted by Gasteiger charge is 2.19. The number of hydrogen-bond acceptors (Lipinski definition) is 7. The van der Waals surface area contributed by atoms with Gasteiger partial charge in [0.2, 0.25) is 5.82 Å². The Morgan fingerprint density at radius 2 is 1.93 bits per heavy atom. The van der Waals surface area contributed by atoms with E-state index >= 15 is 0 Å². The molecule has 1 amide bonds. The van der Waals surface area contributed by atoms with Crippen molar-refractivity contribution in [3.05, 3.63) is 64.3 Å². The number of amides is 1. The molecule has 0 aliphatic rings. The minimum atomic E-state index is -0.599. The van der Waals surface area contributed by atoms with Crippen molar-refractivity contribution >= 4 is 39.2 Å². The number of benzene rings is 2. The fourth-order valence-corrected chi connectivity index (χ4v) is 2.61. The van der Waals surface area contributed by atoms with Crippen molar-refractivity contribution in [1.82, 2.24) is 10.3 Å². The summed E-state index contributed by atoms with van der Waals surface area (Å²) in [4.78, 5) is 16.0. The van der Waals surface area contributed by atoms with Crippen LogP contribution < -0.4 is 15.4 Å². The Morgan fingerprint density at radius 3 is 2.63 bits per heavy atom. The third kappa shape index (κ3) is 5.58. The summed E-state index contributed by atoms with van der Waals surface area (Å²) < 4.78 is 36.4. The largest absolute Gasteiger partial charge is 0.484 e. The van der Waals surface area contributed by atoms with Crippen LogP contribution in [0.4, 0.5) is 20.3 Å². The summed E-state index contributed by atoms with van der Waals surface area (Å²) in [5.41, 5.74) is 0.426. The molecule has 0 saturated heterocycles. The van der Waals surface area contributed by atoms with Gasteiger partial charge in [0.1, 0.15) is 24.1 Å². The van der Waals surface area contributed by atoms with Gasteiger partial charge in [-0.05, 0) is 68.7 Å². The molecule has 1 heterocycles. The van der Waals surface area contributed by atoms with Crippen LogP contribution in [0.2, 0.25) is 0 Å². The lowest BCUT2D eigenvalue weighted by molar-refractivity contribution is -0.118. The average Bonchev–Trinajstić information content (AvgIpc) is 3.18. The van der Waals surface area contributed by atoms with Gasteiger partial charge in [0, 0.05) is 5.69 Å². The van der Waals surface area contributed by atoms with Crippen molar-refractivity contribution in [1.29, 1.82) is 0 Å². The summed E-state index contributed by atoms with van der Waals surface area (Å²) in [7, 11) is 0. The van der Waals surface area contributed by atoms with E-state index in [1.165, 1.54) is 42.5 Å². The van der Waals surface area contributed by atoms with Crippen molar-refractivity contribution in [3.8, 4) is 5.75 Å². The first-order chi connectivity index (χ1) is 14.5. The number of halogens is 3. The first-order valence-corrected chi connectivity index (χ1v) is 9.14. The van der Waals surface area contributed by atoms with Crippen molar-refractivity contribution < 1.29 is 28.0 Å². The smallest absolute Gasteiger partial charge is 0.263 e. The molecule has 3 N–H and O–H groups in total. The van der Waals surface area contributed by atoms with E-state index in [1.54, 1.807) is 0 Å². The van der Waals surface area contributed by atoms with Crippen LogP contribution in [-0.2, 0) is 4.79 Å². The fourth-order valence-electron chi connectivity index (χ4n) is 2.23. The third-order valence-corrected chi connectivity index (χ3v) is 4.17. The van der Waals surface area contributed by atoms with E-state index in [2.05, 4.69) is 46.5 Å². The normalized spacial score (nSPS) is 11.3. The molecule has 0 fully saturated rings. The van der Waals surface area contributed by atoms with Crippen LogP contribution in [0, 0.1) is 11.6 Å². The van der Waals surface area contributed by atoms with Crippen LogP contribution in [0.1, 0.15) is 5.69 Å². The number of rotatable bonds is 7. The van der Waals surface area contributed by atoms with Crippen LogP contribution in [0.25, 0.3) is 0 Å². The molecule has 0 radical (unpaired) electrons. The zero-order chi connectivity index (χ0) is 21.5. The molecule has 3 aromatic rings. The van der Waals surface area contributed by atoms with E-state index in [0.717, 1.165) is 0 Å². The monoisotopic (exact) mass is 481 g/mol. The van der Waals surface area contributed by atoms with Gasteiger partial charge in [0.25, 0.3) is 5.91 Å². The summed E-state index contributed by atoms with van der Waals surface area (Å²) in [6.07, 6.45) is 0. The van der Waals surface area contributed by atoms with Crippen molar-refractivity contribution in [2.24, 2.45) is 4.99 Å². The van der Waals surface area contributed by atoms with E-state index in [-0.39, 0.29) is 28.4 Å². The van der Waals surface area contributed by atoms with E-state index < -0.39 is 24.3 Å². The molecule has 30 heavy (non-hydrogen) atoms. The second kappa shape index (κ2) is 9.89. The number of carbonyl (C=O) groups excluding carboxylic acids is 1. The number of nitrogens with zero attached hydrogens (tertiary/aromatic N) is 3. The Kier molecular flexibility index (Phi) is 7.03. The maximum absolute atomic E-state index is 13.4. The summed E-state index contributed by atoms with van der Waals surface area (Å²) >= 11 is 3.07. The molecule has 0 aliphatic carbocycles. The van der Waals surface area contributed by atoms with Crippen LogP contribution in [0.5, 0.6) is 5.75 Å². The van der Waals surface area contributed by atoms with Gasteiger partial charge in [-0.25, -0.2) is 18.4 Å². The van der Waals surface area contributed by atoms with Gasteiger partial charge in [0.15, 0.2) is 18.1 Å². The highest BCUT2D eigenvalue weighted by molar-refractivity contribution is 9.10. The topological polar surface area (TPSA) is 122 Å². The van der Waals surface area contributed by atoms with Gasteiger partial charge in [-0.15, -0.1) is 0 Å². The Morgan fingerprint density at radius 1 is 1.17 bits per heavy atom. The fraction of sp³-hybridized carbons (Fsp3) is 0.111. The lowest BCUT2D eigenvalue weighted by atomic mass is 10.3. The third-order valence-electron chi connectivity index (χ3n) is 3.57. The molecule has 9 nitrogen and oxygen atoms in total. The molecular formula is C18H14BrF2N5O4. The number of ether oxygens (including phenoxy) is 1. The minimum Gasteiger partial charge on any atom is -0.484 e. The number of hydrogen-bond donors (Lipinski definition) is 3. The molecule has 0 bridgehead atoms. The molecule has 0 unspecified atom stereocenters. The van der Waals surface area contributed by atoms with E-state index in [1.807, 2.05) is 0 Å². The number of aliphatic hydroxyl groups is 1. The molecule has 1 aromatic heterocycles. The lowest BCUT2D eigenvalue weighted by Crippen LogP contribution is -2.23. The number of anilines is 2. The number of aliphatic hydroxyl groups excluding tert-OH is 1. The Bertz CT molecular complexity index is 1060. The van der Waals surface area contributed by atoms with Crippen LogP contribution >= 0.6 is 15.9 Å². The van der Waals surface area contributed by atoms with Crippen LogP contribution in [-0.4, -0.2) is 40.5 Å². The first kappa shape index (κ1) is 21.3. The molecular weight excluding hydrogens is 468 g/mol. The van der Waals surface area contributed by atoms with Crippen molar-refractivity contribution in [3.63, 3.8) is 0 Å². The van der Waals surface area contributed by atoms with E-state index in [4.69, 9.17) is 4.74 Å². The standard InChI is InChI=1S/C18H14BrF2N5O4/c19-13-7-11(3-6-14(13)21)23-17(22-9-27)16-18(26-30-25-16)24-15(28)8-29-12-4-1-10(20)2-5-12/h1-7,27H,8-9H2,(H,22,23)(H,24,26,28). The second-order valence-corrected chi connectivity index (χ2v) is 6.51. The maximum atomic E-state index is 13.4. The second-order valence-electron chi connectivity index (χ2n) is 5.65. The van der Waals surface area contributed by atoms with Gasteiger partial charge >= 0.3 is 0 Å². The predicted octanol–water partition coefficient (Wildman–Crippen LogP) is 2.94. The number of aliphatic imine (C=N–C) groups is 1. The summed E-state index contributed by atoms with van der Waals surface area (Å²) in [6.45, 7) is -0.985. The predicted molar refractivity (Wildman–Crippen MR) is 106 cm³/mol. The molecule has 0 spiro atoms. The van der Waals surface area contributed by atoms with Gasteiger partial charge in [-0.2, -0.15) is 0 Å².